The Balaban J connectivity index is 1.89. The van der Waals surface area contributed by atoms with Crippen molar-refractivity contribution < 1.29 is 19.5 Å². The molecule has 0 aromatic carbocycles. The molecule has 1 atom stereocenters. The van der Waals surface area contributed by atoms with Crippen molar-refractivity contribution in [3.8, 4) is 0 Å². The lowest BCUT2D eigenvalue weighted by molar-refractivity contribution is -0.138. The lowest BCUT2D eigenvalue weighted by atomic mass is 9.98. The average molecular weight is 266 g/mol. The average Bonchev–Trinajstić information content (AvgIpc) is 2.76. The molecule has 1 saturated heterocycles. The van der Waals surface area contributed by atoms with Gasteiger partial charge in [0, 0.05) is 19.2 Å². The fourth-order valence-corrected chi connectivity index (χ4v) is 1.85. The maximum absolute atomic E-state index is 11.9. The summed E-state index contributed by atoms with van der Waals surface area (Å²) in [6.45, 7) is 0.0727. The number of hydrogen-bond acceptors (Lipinski definition) is 4. The highest BCUT2D eigenvalue weighted by Crippen LogP contribution is 2.14. The second-order valence-corrected chi connectivity index (χ2v) is 4.35. The zero-order valence-electron chi connectivity index (χ0n) is 10.1. The van der Waals surface area contributed by atoms with Gasteiger partial charge in [0.15, 0.2) is 0 Å². The fraction of sp³-hybridized carbons (Fsp3) is 0.455. The minimum Gasteiger partial charge on any atom is -0.480 e. The number of nitrogens with one attached hydrogen (secondary N) is 2. The summed E-state index contributed by atoms with van der Waals surface area (Å²) in [5.74, 6) is -1.51. The SMILES string of the molecule is O=C(O)Cn1cc(NC(=O)C2CCC(=O)NC2)cn1. The normalized spacial score (nSPS) is 18.7. The van der Waals surface area contributed by atoms with Crippen LogP contribution >= 0.6 is 0 Å². The molecule has 8 heteroatoms. The molecule has 1 aliphatic rings. The van der Waals surface area contributed by atoms with Crippen molar-refractivity contribution in [1.29, 1.82) is 0 Å². The van der Waals surface area contributed by atoms with Crippen LogP contribution in [0.1, 0.15) is 12.8 Å². The zero-order chi connectivity index (χ0) is 13.8. The van der Waals surface area contributed by atoms with Gasteiger partial charge in [-0.2, -0.15) is 5.10 Å². The molecule has 0 aliphatic carbocycles. The lowest BCUT2D eigenvalue weighted by Gasteiger charge is -2.21. The summed E-state index contributed by atoms with van der Waals surface area (Å²) >= 11 is 0. The summed E-state index contributed by atoms with van der Waals surface area (Å²) in [4.78, 5) is 33.4. The van der Waals surface area contributed by atoms with Crippen molar-refractivity contribution in [2.75, 3.05) is 11.9 Å². The van der Waals surface area contributed by atoms with E-state index < -0.39 is 5.97 Å². The number of nitrogens with zero attached hydrogens (tertiary/aromatic N) is 2. The van der Waals surface area contributed by atoms with Crippen molar-refractivity contribution in [3.05, 3.63) is 12.4 Å². The summed E-state index contributed by atoms with van der Waals surface area (Å²) < 4.78 is 1.22. The van der Waals surface area contributed by atoms with E-state index in [1.165, 1.54) is 17.1 Å². The van der Waals surface area contributed by atoms with Crippen molar-refractivity contribution in [3.63, 3.8) is 0 Å². The Morgan fingerprint density at radius 3 is 3.00 bits per heavy atom. The molecule has 0 saturated carbocycles. The molecule has 1 aromatic heterocycles. The predicted molar refractivity (Wildman–Crippen MR) is 64.2 cm³/mol. The molecule has 1 fully saturated rings. The Morgan fingerprint density at radius 2 is 2.37 bits per heavy atom. The highest BCUT2D eigenvalue weighted by Gasteiger charge is 2.24. The summed E-state index contributed by atoms with van der Waals surface area (Å²) in [6, 6.07) is 0. The van der Waals surface area contributed by atoms with Crippen LogP contribution in [-0.4, -0.2) is 39.2 Å². The van der Waals surface area contributed by atoms with Gasteiger partial charge in [0.2, 0.25) is 11.8 Å². The highest BCUT2D eigenvalue weighted by atomic mass is 16.4. The monoisotopic (exact) mass is 266 g/mol. The molecule has 2 heterocycles. The van der Waals surface area contributed by atoms with Crippen LogP contribution < -0.4 is 10.6 Å². The standard InChI is InChI=1S/C11H14N4O4/c16-9-2-1-7(3-12-9)11(19)14-8-4-13-15(5-8)6-10(17)18/h4-5,7H,1-3,6H2,(H,12,16)(H,14,19)(H,17,18). The van der Waals surface area contributed by atoms with Gasteiger partial charge in [-0.25, -0.2) is 0 Å². The number of amides is 2. The van der Waals surface area contributed by atoms with Crippen molar-refractivity contribution in [2.24, 2.45) is 5.92 Å². The van der Waals surface area contributed by atoms with Gasteiger partial charge in [-0.05, 0) is 6.42 Å². The molecule has 0 radical (unpaired) electrons. The first-order chi connectivity index (χ1) is 9.04. The largest absolute Gasteiger partial charge is 0.480 e. The Labute approximate surface area is 108 Å². The molecule has 0 bridgehead atoms. The van der Waals surface area contributed by atoms with E-state index >= 15 is 0 Å². The third-order valence-corrected chi connectivity index (χ3v) is 2.83. The minimum atomic E-state index is -1.00. The summed E-state index contributed by atoms with van der Waals surface area (Å²) in [6.07, 6.45) is 3.70. The topological polar surface area (TPSA) is 113 Å². The van der Waals surface area contributed by atoms with Gasteiger partial charge in [0.25, 0.3) is 0 Å². The van der Waals surface area contributed by atoms with E-state index in [1.807, 2.05) is 0 Å². The van der Waals surface area contributed by atoms with Crippen LogP contribution in [0.25, 0.3) is 0 Å². The molecule has 2 rings (SSSR count). The maximum atomic E-state index is 11.9. The van der Waals surface area contributed by atoms with Gasteiger partial charge in [-0.15, -0.1) is 0 Å². The van der Waals surface area contributed by atoms with Crippen LogP contribution in [0.15, 0.2) is 12.4 Å². The van der Waals surface area contributed by atoms with Crippen molar-refractivity contribution in [2.45, 2.75) is 19.4 Å². The van der Waals surface area contributed by atoms with Crippen LogP contribution in [0.4, 0.5) is 5.69 Å². The molecule has 19 heavy (non-hydrogen) atoms. The highest BCUT2D eigenvalue weighted by molar-refractivity contribution is 5.93. The molecule has 8 nitrogen and oxygen atoms in total. The summed E-state index contributed by atoms with van der Waals surface area (Å²) in [5, 5.41) is 17.7. The number of aromatic nitrogens is 2. The Kier molecular flexibility index (Phi) is 3.79. The minimum absolute atomic E-state index is 0.0432. The second kappa shape index (κ2) is 5.51. The molecule has 2 amide bonds. The van der Waals surface area contributed by atoms with Crippen LogP contribution in [0.3, 0.4) is 0 Å². The maximum Gasteiger partial charge on any atom is 0.325 e. The second-order valence-electron chi connectivity index (χ2n) is 4.35. The summed E-state index contributed by atoms with van der Waals surface area (Å²) in [5.41, 5.74) is 0.447. The van der Waals surface area contributed by atoms with E-state index in [4.69, 9.17) is 5.11 Å². The fourth-order valence-electron chi connectivity index (χ4n) is 1.85. The molecule has 3 N–H and O–H groups in total. The third kappa shape index (κ3) is 3.54. The number of carbonyl (C=O) groups is 3. The first-order valence-corrected chi connectivity index (χ1v) is 5.86. The smallest absolute Gasteiger partial charge is 0.325 e. The number of hydrogen-bond donors (Lipinski definition) is 3. The number of anilines is 1. The van der Waals surface area contributed by atoms with Crippen LogP contribution in [0.2, 0.25) is 0 Å². The van der Waals surface area contributed by atoms with E-state index in [0.717, 1.165) is 0 Å². The summed E-state index contributed by atoms with van der Waals surface area (Å²) in [7, 11) is 0. The number of rotatable bonds is 4. The predicted octanol–water partition coefficient (Wildman–Crippen LogP) is -0.568. The molecule has 1 aromatic rings. The van der Waals surface area contributed by atoms with E-state index in [1.54, 1.807) is 0 Å². The number of carbonyl (C=O) groups excluding carboxylic acids is 2. The molecular formula is C11H14N4O4. The van der Waals surface area contributed by atoms with E-state index in [-0.39, 0.29) is 24.3 Å². The van der Waals surface area contributed by atoms with E-state index in [0.29, 0.717) is 25.1 Å². The Morgan fingerprint density at radius 1 is 1.58 bits per heavy atom. The number of carboxylic acids is 1. The van der Waals surface area contributed by atoms with Crippen molar-refractivity contribution in [1.82, 2.24) is 15.1 Å². The van der Waals surface area contributed by atoms with Gasteiger partial charge >= 0.3 is 5.97 Å². The van der Waals surface area contributed by atoms with Gasteiger partial charge in [0.05, 0.1) is 17.8 Å². The Bertz CT molecular complexity index is 501. The van der Waals surface area contributed by atoms with E-state index in [9.17, 15) is 14.4 Å². The number of carboxylic acid groups (broad SMARTS) is 1. The zero-order valence-corrected chi connectivity index (χ0v) is 10.1. The molecule has 1 aliphatic heterocycles. The van der Waals surface area contributed by atoms with E-state index in [2.05, 4.69) is 15.7 Å². The molecular weight excluding hydrogens is 252 g/mol. The van der Waals surface area contributed by atoms with Crippen LogP contribution in [-0.2, 0) is 20.9 Å². The van der Waals surface area contributed by atoms with Crippen LogP contribution in [0.5, 0.6) is 0 Å². The Hall–Kier alpha value is -2.38. The number of piperidine rings is 1. The molecule has 1 unspecified atom stereocenters. The van der Waals surface area contributed by atoms with Gasteiger partial charge < -0.3 is 15.7 Å². The number of aliphatic carboxylic acids is 1. The van der Waals surface area contributed by atoms with Crippen molar-refractivity contribution >= 4 is 23.5 Å². The van der Waals surface area contributed by atoms with Crippen LogP contribution in [0, 0.1) is 5.92 Å². The third-order valence-electron chi connectivity index (χ3n) is 2.83. The first-order valence-electron chi connectivity index (χ1n) is 5.86. The van der Waals surface area contributed by atoms with Gasteiger partial charge in [-0.3, -0.25) is 19.1 Å². The quantitative estimate of drug-likeness (QED) is 0.675. The lowest BCUT2D eigenvalue weighted by Crippen LogP contribution is -2.40. The molecule has 102 valence electrons. The van der Waals surface area contributed by atoms with Gasteiger partial charge in [0.1, 0.15) is 6.54 Å². The van der Waals surface area contributed by atoms with Gasteiger partial charge in [-0.1, -0.05) is 0 Å². The first kappa shape index (κ1) is 13.1. The molecule has 0 spiro atoms.